The summed E-state index contributed by atoms with van der Waals surface area (Å²) in [4.78, 5) is 2.10. The maximum Gasteiger partial charge on any atom is 0.125 e. The highest BCUT2D eigenvalue weighted by Crippen LogP contribution is 2.26. The van der Waals surface area contributed by atoms with E-state index in [1.807, 2.05) is 38.1 Å². The Morgan fingerprint density at radius 3 is 2.57 bits per heavy atom. The number of benzene rings is 1. The summed E-state index contributed by atoms with van der Waals surface area (Å²) in [6, 6.07) is 9.83. The summed E-state index contributed by atoms with van der Waals surface area (Å²) in [5.74, 6) is 6.70. The summed E-state index contributed by atoms with van der Waals surface area (Å²) in [5, 5.41) is 8.95. The van der Waals surface area contributed by atoms with Gasteiger partial charge in [-0.05, 0) is 49.2 Å². The molecule has 1 aromatic carbocycles. The van der Waals surface area contributed by atoms with Gasteiger partial charge >= 0.3 is 0 Å². The van der Waals surface area contributed by atoms with E-state index in [0.29, 0.717) is 18.7 Å². The minimum atomic E-state index is 0.368. The predicted octanol–water partition coefficient (Wildman–Crippen LogP) is 3.13. The first-order chi connectivity index (χ1) is 10.1. The quantitative estimate of drug-likeness (QED) is 0.885. The Kier molecular flexibility index (Phi) is 5.00. The fourth-order valence-electron chi connectivity index (χ4n) is 2.05. The van der Waals surface area contributed by atoms with Gasteiger partial charge in [-0.15, -0.1) is 11.3 Å². The lowest BCUT2D eigenvalue weighted by Gasteiger charge is -2.11. The molecule has 2 rings (SSSR count). The standard InChI is InChI=1S/C17H16N2OS/c1-12-8-14(10-19)9-13(2)17(12)20-11-16-6-5-15(21-16)4-3-7-18/h5-6,8-9H,7,11,18H2,1-2H3. The van der Waals surface area contributed by atoms with Crippen LogP contribution in [-0.4, -0.2) is 6.54 Å². The van der Waals surface area contributed by atoms with Crippen molar-refractivity contribution in [3.05, 3.63) is 50.7 Å². The second kappa shape index (κ2) is 6.95. The lowest BCUT2D eigenvalue weighted by molar-refractivity contribution is 0.305. The molecule has 3 nitrogen and oxygen atoms in total. The molecule has 21 heavy (non-hydrogen) atoms. The molecular weight excluding hydrogens is 280 g/mol. The van der Waals surface area contributed by atoms with Crippen molar-refractivity contribution in [1.82, 2.24) is 0 Å². The van der Waals surface area contributed by atoms with E-state index in [4.69, 9.17) is 15.7 Å². The number of ether oxygens (including phenoxy) is 1. The Bertz CT molecular complexity index is 721. The van der Waals surface area contributed by atoms with E-state index in [9.17, 15) is 0 Å². The van der Waals surface area contributed by atoms with E-state index >= 15 is 0 Å². The minimum Gasteiger partial charge on any atom is -0.488 e. The second-order valence-electron chi connectivity index (χ2n) is 4.61. The van der Waals surface area contributed by atoms with E-state index in [-0.39, 0.29) is 0 Å². The molecule has 106 valence electrons. The first kappa shape index (κ1) is 15.1. The molecule has 0 aliphatic heterocycles. The van der Waals surface area contributed by atoms with Gasteiger partial charge in [0, 0.05) is 4.88 Å². The van der Waals surface area contributed by atoms with E-state index < -0.39 is 0 Å². The fourth-order valence-corrected chi connectivity index (χ4v) is 2.84. The van der Waals surface area contributed by atoms with E-state index in [1.54, 1.807) is 11.3 Å². The highest BCUT2D eigenvalue weighted by molar-refractivity contribution is 7.12. The molecule has 0 atom stereocenters. The smallest absolute Gasteiger partial charge is 0.125 e. The Hall–Kier alpha value is -2.27. The van der Waals surface area contributed by atoms with Gasteiger partial charge in [0.05, 0.1) is 23.1 Å². The number of aryl methyl sites for hydroxylation is 2. The summed E-state index contributed by atoms with van der Waals surface area (Å²) in [5.41, 5.74) is 7.97. The normalized spacial score (nSPS) is 9.62. The number of nitrogens with zero attached hydrogens (tertiary/aromatic N) is 1. The van der Waals surface area contributed by atoms with Crippen LogP contribution in [0.1, 0.15) is 26.4 Å². The zero-order valence-corrected chi connectivity index (χ0v) is 12.9. The number of thiophene rings is 1. The molecule has 0 saturated carbocycles. The van der Waals surface area contributed by atoms with Crippen molar-refractivity contribution < 1.29 is 4.74 Å². The highest BCUT2D eigenvalue weighted by atomic mass is 32.1. The van der Waals surface area contributed by atoms with Crippen LogP contribution in [0.2, 0.25) is 0 Å². The van der Waals surface area contributed by atoms with Crippen LogP contribution in [0.5, 0.6) is 5.75 Å². The molecule has 0 unspecified atom stereocenters. The van der Waals surface area contributed by atoms with Crippen LogP contribution in [0, 0.1) is 37.0 Å². The van der Waals surface area contributed by atoms with Crippen molar-refractivity contribution in [2.24, 2.45) is 5.73 Å². The number of hydrogen-bond donors (Lipinski definition) is 1. The number of rotatable bonds is 3. The van der Waals surface area contributed by atoms with Crippen LogP contribution >= 0.6 is 11.3 Å². The maximum absolute atomic E-state index is 8.95. The van der Waals surface area contributed by atoms with E-state index in [2.05, 4.69) is 17.9 Å². The van der Waals surface area contributed by atoms with Gasteiger partial charge in [0.2, 0.25) is 0 Å². The number of nitriles is 1. The van der Waals surface area contributed by atoms with Gasteiger partial charge in [0.25, 0.3) is 0 Å². The van der Waals surface area contributed by atoms with Gasteiger partial charge in [0.1, 0.15) is 12.4 Å². The predicted molar refractivity (Wildman–Crippen MR) is 85.2 cm³/mol. The zero-order chi connectivity index (χ0) is 15.2. The lowest BCUT2D eigenvalue weighted by atomic mass is 10.1. The summed E-state index contributed by atoms with van der Waals surface area (Å²) < 4.78 is 5.90. The average molecular weight is 296 g/mol. The van der Waals surface area contributed by atoms with Gasteiger partial charge in [-0.2, -0.15) is 5.26 Å². The minimum absolute atomic E-state index is 0.368. The third-order valence-electron chi connectivity index (χ3n) is 2.92. The summed E-state index contributed by atoms with van der Waals surface area (Å²) in [6.07, 6.45) is 0. The average Bonchev–Trinajstić information content (AvgIpc) is 2.91. The van der Waals surface area contributed by atoms with Crippen molar-refractivity contribution in [2.75, 3.05) is 6.54 Å². The van der Waals surface area contributed by atoms with Crippen LogP contribution in [0.4, 0.5) is 0 Å². The van der Waals surface area contributed by atoms with Gasteiger partial charge in [-0.1, -0.05) is 11.8 Å². The molecule has 0 radical (unpaired) electrons. The van der Waals surface area contributed by atoms with Crippen molar-refractivity contribution in [1.29, 1.82) is 5.26 Å². The molecule has 1 heterocycles. The molecule has 4 heteroatoms. The van der Waals surface area contributed by atoms with Crippen LogP contribution in [-0.2, 0) is 6.61 Å². The van der Waals surface area contributed by atoms with Crippen molar-refractivity contribution in [2.45, 2.75) is 20.5 Å². The SMILES string of the molecule is Cc1cc(C#N)cc(C)c1OCc1ccc(C#CCN)s1. The Labute approximate surface area is 129 Å². The Morgan fingerprint density at radius 1 is 1.24 bits per heavy atom. The summed E-state index contributed by atoms with van der Waals surface area (Å²) in [6.45, 7) is 4.78. The second-order valence-corrected chi connectivity index (χ2v) is 5.78. The van der Waals surface area contributed by atoms with Gasteiger partial charge in [-0.25, -0.2) is 0 Å². The molecule has 0 aliphatic carbocycles. The van der Waals surface area contributed by atoms with Crippen LogP contribution in [0.15, 0.2) is 24.3 Å². The lowest BCUT2D eigenvalue weighted by Crippen LogP contribution is -1.98. The highest BCUT2D eigenvalue weighted by Gasteiger charge is 2.07. The molecule has 0 amide bonds. The van der Waals surface area contributed by atoms with Gasteiger partial charge in [-0.3, -0.25) is 0 Å². The van der Waals surface area contributed by atoms with E-state index in [1.165, 1.54) is 0 Å². The van der Waals surface area contributed by atoms with Crippen molar-refractivity contribution in [3.8, 4) is 23.7 Å². The number of nitrogens with two attached hydrogens (primary N) is 1. The molecule has 0 bridgehead atoms. The third kappa shape index (κ3) is 3.86. The van der Waals surface area contributed by atoms with Gasteiger partial charge < -0.3 is 10.5 Å². The molecule has 2 N–H and O–H groups in total. The van der Waals surface area contributed by atoms with Crippen LogP contribution < -0.4 is 10.5 Å². The topological polar surface area (TPSA) is 59.0 Å². The summed E-state index contributed by atoms with van der Waals surface area (Å²) in [7, 11) is 0. The largest absolute Gasteiger partial charge is 0.488 e. The molecule has 0 fully saturated rings. The monoisotopic (exact) mass is 296 g/mol. The third-order valence-corrected chi connectivity index (χ3v) is 3.90. The summed E-state index contributed by atoms with van der Waals surface area (Å²) >= 11 is 1.60. The first-order valence-corrected chi connectivity index (χ1v) is 7.37. The molecule has 0 aliphatic rings. The van der Waals surface area contributed by atoms with Crippen molar-refractivity contribution in [3.63, 3.8) is 0 Å². The van der Waals surface area contributed by atoms with Crippen LogP contribution in [0.25, 0.3) is 0 Å². The van der Waals surface area contributed by atoms with Crippen LogP contribution in [0.3, 0.4) is 0 Å². The maximum atomic E-state index is 8.95. The molecule has 2 aromatic rings. The Morgan fingerprint density at radius 2 is 1.95 bits per heavy atom. The Balaban J connectivity index is 2.10. The first-order valence-electron chi connectivity index (χ1n) is 6.56. The molecule has 0 saturated heterocycles. The van der Waals surface area contributed by atoms with Gasteiger partial charge in [0.15, 0.2) is 0 Å². The molecule has 1 aromatic heterocycles. The molecule has 0 spiro atoms. The van der Waals surface area contributed by atoms with Crippen molar-refractivity contribution >= 4 is 11.3 Å². The fraction of sp³-hybridized carbons (Fsp3) is 0.235. The number of hydrogen-bond acceptors (Lipinski definition) is 4. The molecular formula is C17H16N2OS. The van der Waals surface area contributed by atoms with E-state index in [0.717, 1.165) is 26.6 Å². The zero-order valence-electron chi connectivity index (χ0n) is 12.1.